The Hall–Kier alpha value is -1.57. The lowest BCUT2D eigenvalue weighted by atomic mass is 10.2. The van der Waals surface area contributed by atoms with Gasteiger partial charge in [-0.05, 0) is 41.6 Å². The van der Waals surface area contributed by atoms with Crippen LogP contribution in [0.2, 0.25) is 0 Å². The summed E-state index contributed by atoms with van der Waals surface area (Å²) >= 11 is 1.76. The molecule has 0 aliphatic carbocycles. The van der Waals surface area contributed by atoms with E-state index < -0.39 is 6.10 Å². The van der Waals surface area contributed by atoms with E-state index in [4.69, 9.17) is 9.47 Å². The van der Waals surface area contributed by atoms with Crippen molar-refractivity contribution in [3.8, 4) is 5.75 Å². The number of rotatable bonds is 10. The van der Waals surface area contributed by atoms with E-state index in [-0.39, 0.29) is 0 Å². The van der Waals surface area contributed by atoms with Crippen molar-refractivity contribution in [1.82, 2.24) is 10.2 Å². The van der Waals surface area contributed by atoms with Crippen LogP contribution in [0.5, 0.6) is 5.75 Å². The average molecular weight is 403 g/mol. The molecule has 2 aromatic carbocycles. The van der Waals surface area contributed by atoms with Crippen LogP contribution < -0.4 is 10.1 Å². The first-order valence-electron chi connectivity index (χ1n) is 9.76. The largest absolute Gasteiger partial charge is 0.491 e. The molecule has 0 saturated carbocycles. The first-order chi connectivity index (χ1) is 13.7. The molecule has 1 atom stereocenters. The molecule has 1 fully saturated rings. The zero-order valence-corrected chi connectivity index (χ0v) is 17.3. The van der Waals surface area contributed by atoms with E-state index >= 15 is 0 Å². The molecule has 6 heteroatoms. The normalized spacial score (nSPS) is 16.1. The van der Waals surface area contributed by atoms with Gasteiger partial charge in [-0.15, -0.1) is 11.8 Å². The van der Waals surface area contributed by atoms with Crippen molar-refractivity contribution in [3.63, 3.8) is 0 Å². The van der Waals surface area contributed by atoms with Gasteiger partial charge in [0.15, 0.2) is 0 Å². The van der Waals surface area contributed by atoms with E-state index in [1.54, 1.807) is 11.8 Å². The summed E-state index contributed by atoms with van der Waals surface area (Å²) in [5.41, 5.74) is 2.44. The SMILES string of the molecule is CSc1ccc(CNCc2cccc(OC[C@@H](O)CN3CCOCC3)c2)cc1. The van der Waals surface area contributed by atoms with E-state index in [0.29, 0.717) is 13.2 Å². The Labute approximate surface area is 172 Å². The number of hydrogen-bond donors (Lipinski definition) is 2. The molecule has 2 aromatic rings. The van der Waals surface area contributed by atoms with Gasteiger partial charge in [0.05, 0.1) is 13.2 Å². The standard InChI is InChI=1S/C22H30N2O3S/c1-28-22-7-5-18(6-8-22)14-23-15-19-3-2-4-21(13-19)27-17-20(25)16-24-9-11-26-12-10-24/h2-8,13,20,23,25H,9-12,14-17H2,1H3/t20-/m0/s1. The number of thioether (sulfide) groups is 1. The highest BCUT2D eigenvalue weighted by Gasteiger charge is 2.15. The number of nitrogens with one attached hydrogen (secondary N) is 1. The summed E-state index contributed by atoms with van der Waals surface area (Å²) < 4.78 is 11.1. The Balaban J connectivity index is 1.40. The number of nitrogens with zero attached hydrogens (tertiary/aromatic N) is 1. The van der Waals surface area contributed by atoms with Crippen LogP contribution >= 0.6 is 11.8 Å². The van der Waals surface area contributed by atoms with Gasteiger partial charge in [0.2, 0.25) is 0 Å². The van der Waals surface area contributed by atoms with Crippen LogP contribution in [0.25, 0.3) is 0 Å². The number of hydrogen-bond acceptors (Lipinski definition) is 6. The molecular formula is C22H30N2O3S. The molecular weight excluding hydrogens is 372 g/mol. The second-order valence-electron chi connectivity index (χ2n) is 6.98. The number of benzene rings is 2. The number of ether oxygens (including phenoxy) is 2. The fraction of sp³-hybridized carbons (Fsp3) is 0.455. The lowest BCUT2D eigenvalue weighted by molar-refractivity contribution is 0.00465. The highest BCUT2D eigenvalue weighted by Crippen LogP contribution is 2.16. The summed E-state index contributed by atoms with van der Waals surface area (Å²) in [6.07, 6.45) is 1.59. The molecule has 2 N–H and O–H groups in total. The molecule has 1 aliphatic heterocycles. The van der Waals surface area contributed by atoms with Crippen molar-refractivity contribution in [2.75, 3.05) is 45.7 Å². The molecule has 3 rings (SSSR count). The maximum atomic E-state index is 10.2. The van der Waals surface area contributed by atoms with Crippen LogP contribution in [-0.4, -0.2) is 61.8 Å². The van der Waals surface area contributed by atoms with Gasteiger partial charge in [0, 0.05) is 37.6 Å². The van der Waals surface area contributed by atoms with Gasteiger partial charge in [0.1, 0.15) is 18.5 Å². The molecule has 5 nitrogen and oxygen atoms in total. The van der Waals surface area contributed by atoms with E-state index in [0.717, 1.165) is 45.1 Å². The molecule has 1 aliphatic rings. The molecule has 0 unspecified atom stereocenters. The highest BCUT2D eigenvalue weighted by atomic mass is 32.2. The van der Waals surface area contributed by atoms with Gasteiger partial charge in [-0.2, -0.15) is 0 Å². The van der Waals surface area contributed by atoms with Crippen LogP contribution in [0.3, 0.4) is 0 Å². The lowest BCUT2D eigenvalue weighted by Gasteiger charge is -2.28. The van der Waals surface area contributed by atoms with Gasteiger partial charge >= 0.3 is 0 Å². The summed E-state index contributed by atoms with van der Waals surface area (Å²) in [6.45, 7) is 5.76. The van der Waals surface area contributed by atoms with Crippen LogP contribution in [0.4, 0.5) is 0 Å². The lowest BCUT2D eigenvalue weighted by Crippen LogP contribution is -2.42. The fourth-order valence-electron chi connectivity index (χ4n) is 3.17. The fourth-order valence-corrected chi connectivity index (χ4v) is 3.57. The average Bonchev–Trinajstić information content (AvgIpc) is 2.74. The zero-order chi connectivity index (χ0) is 19.6. The maximum Gasteiger partial charge on any atom is 0.119 e. The molecule has 0 amide bonds. The van der Waals surface area contributed by atoms with Crippen molar-refractivity contribution in [2.45, 2.75) is 24.1 Å². The van der Waals surface area contributed by atoms with Crippen LogP contribution in [0.15, 0.2) is 53.4 Å². The summed E-state index contributed by atoms with van der Waals surface area (Å²) in [6, 6.07) is 16.7. The Morgan fingerprint density at radius 1 is 1.11 bits per heavy atom. The van der Waals surface area contributed by atoms with Gasteiger partial charge < -0.3 is 19.9 Å². The van der Waals surface area contributed by atoms with E-state index in [9.17, 15) is 5.11 Å². The molecule has 0 radical (unpaired) electrons. The predicted molar refractivity (Wildman–Crippen MR) is 114 cm³/mol. The van der Waals surface area contributed by atoms with Crippen molar-refractivity contribution in [2.24, 2.45) is 0 Å². The number of aliphatic hydroxyl groups excluding tert-OH is 1. The summed E-state index contributed by atoms with van der Waals surface area (Å²) in [5.74, 6) is 0.796. The third-order valence-corrected chi connectivity index (χ3v) is 5.47. The summed E-state index contributed by atoms with van der Waals surface area (Å²) in [7, 11) is 0. The Kier molecular flexibility index (Phi) is 8.64. The molecule has 28 heavy (non-hydrogen) atoms. The van der Waals surface area contributed by atoms with E-state index in [1.165, 1.54) is 16.0 Å². The second-order valence-corrected chi connectivity index (χ2v) is 7.86. The van der Waals surface area contributed by atoms with Gasteiger partial charge in [-0.3, -0.25) is 4.90 Å². The van der Waals surface area contributed by atoms with Crippen molar-refractivity contribution in [1.29, 1.82) is 0 Å². The number of morpholine rings is 1. The van der Waals surface area contributed by atoms with Crippen molar-refractivity contribution >= 4 is 11.8 Å². The van der Waals surface area contributed by atoms with Crippen LogP contribution in [0.1, 0.15) is 11.1 Å². The van der Waals surface area contributed by atoms with Crippen LogP contribution in [-0.2, 0) is 17.8 Å². The monoisotopic (exact) mass is 402 g/mol. The quantitative estimate of drug-likeness (QED) is 0.596. The third-order valence-electron chi connectivity index (χ3n) is 4.73. The minimum atomic E-state index is -0.496. The Morgan fingerprint density at radius 2 is 1.86 bits per heavy atom. The van der Waals surface area contributed by atoms with Crippen molar-refractivity contribution in [3.05, 3.63) is 59.7 Å². The Bertz CT molecular complexity index is 705. The second kappa shape index (κ2) is 11.4. The topological polar surface area (TPSA) is 54.0 Å². The molecule has 0 spiro atoms. The van der Waals surface area contributed by atoms with Gasteiger partial charge in [-0.1, -0.05) is 24.3 Å². The molecule has 1 saturated heterocycles. The maximum absolute atomic E-state index is 10.2. The smallest absolute Gasteiger partial charge is 0.119 e. The Morgan fingerprint density at radius 3 is 2.61 bits per heavy atom. The summed E-state index contributed by atoms with van der Waals surface area (Å²) in [5, 5.41) is 13.7. The minimum Gasteiger partial charge on any atom is -0.491 e. The van der Waals surface area contributed by atoms with E-state index in [2.05, 4.69) is 46.8 Å². The molecule has 0 aromatic heterocycles. The van der Waals surface area contributed by atoms with E-state index in [1.807, 2.05) is 18.2 Å². The zero-order valence-electron chi connectivity index (χ0n) is 16.5. The predicted octanol–water partition coefficient (Wildman–Crippen LogP) is 2.77. The van der Waals surface area contributed by atoms with Gasteiger partial charge in [0.25, 0.3) is 0 Å². The molecule has 152 valence electrons. The first-order valence-corrected chi connectivity index (χ1v) is 11.0. The summed E-state index contributed by atoms with van der Waals surface area (Å²) in [4.78, 5) is 3.49. The minimum absolute atomic E-state index is 0.302. The molecule has 0 bridgehead atoms. The molecule has 1 heterocycles. The number of β-amino-alcohol motifs (C(OH)–C–C–N with tert-alkyl or cyclic N) is 1. The van der Waals surface area contributed by atoms with Crippen LogP contribution in [0, 0.1) is 0 Å². The third kappa shape index (κ3) is 7.11. The van der Waals surface area contributed by atoms with Gasteiger partial charge in [-0.25, -0.2) is 0 Å². The number of aliphatic hydroxyl groups is 1. The highest BCUT2D eigenvalue weighted by molar-refractivity contribution is 7.98. The first kappa shape index (κ1) is 21.1. The van der Waals surface area contributed by atoms with Crippen molar-refractivity contribution < 1.29 is 14.6 Å².